The molecule has 1 rings (SSSR count). The molecule has 2 heteroatoms. The normalized spacial score (nSPS) is 24.0. The average molecular weight is 213 g/mol. The van der Waals surface area contributed by atoms with Crippen LogP contribution in [0.1, 0.15) is 52.9 Å². The fourth-order valence-corrected chi connectivity index (χ4v) is 2.35. The first-order valence-electron chi connectivity index (χ1n) is 6.38. The number of rotatable bonds is 5. The summed E-state index contributed by atoms with van der Waals surface area (Å²) in [5.41, 5.74) is 6.69. The molecule has 1 aliphatic rings. The lowest BCUT2D eigenvalue weighted by molar-refractivity contribution is 0.0843. The Labute approximate surface area is 94.6 Å². The lowest BCUT2D eigenvalue weighted by atomic mass is 9.71. The molecule has 1 saturated carbocycles. The van der Waals surface area contributed by atoms with Crippen LogP contribution in [0.5, 0.6) is 0 Å². The van der Waals surface area contributed by atoms with E-state index in [9.17, 15) is 0 Å². The first kappa shape index (κ1) is 13.0. The van der Waals surface area contributed by atoms with Gasteiger partial charge >= 0.3 is 0 Å². The van der Waals surface area contributed by atoms with Crippen molar-refractivity contribution in [2.24, 2.45) is 17.1 Å². The van der Waals surface area contributed by atoms with E-state index < -0.39 is 0 Å². The van der Waals surface area contributed by atoms with E-state index in [-0.39, 0.29) is 6.04 Å². The first-order valence-corrected chi connectivity index (χ1v) is 6.38. The van der Waals surface area contributed by atoms with Crippen molar-refractivity contribution in [3.63, 3.8) is 0 Å². The molecule has 1 unspecified atom stereocenters. The summed E-state index contributed by atoms with van der Waals surface area (Å²) in [6.45, 7) is 8.46. The van der Waals surface area contributed by atoms with Gasteiger partial charge in [0.1, 0.15) is 0 Å². The van der Waals surface area contributed by atoms with E-state index in [1.54, 1.807) is 0 Å². The van der Waals surface area contributed by atoms with Gasteiger partial charge in [0.05, 0.1) is 6.61 Å². The third-order valence-electron chi connectivity index (χ3n) is 3.65. The first-order chi connectivity index (χ1) is 7.05. The highest BCUT2D eigenvalue weighted by atomic mass is 16.5. The van der Waals surface area contributed by atoms with Crippen LogP contribution in [0.15, 0.2) is 0 Å². The molecule has 0 bridgehead atoms. The fourth-order valence-electron chi connectivity index (χ4n) is 2.35. The van der Waals surface area contributed by atoms with Crippen LogP contribution in [0.25, 0.3) is 0 Å². The van der Waals surface area contributed by atoms with E-state index in [4.69, 9.17) is 10.5 Å². The molecule has 0 amide bonds. The highest BCUT2D eigenvalue weighted by Crippen LogP contribution is 2.38. The summed E-state index contributed by atoms with van der Waals surface area (Å²) in [7, 11) is 0. The summed E-state index contributed by atoms with van der Waals surface area (Å²) >= 11 is 0. The van der Waals surface area contributed by atoms with E-state index in [1.807, 2.05) is 0 Å². The molecule has 15 heavy (non-hydrogen) atoms. The SMILES string of the molecule is CCCOCC(N)C1CCC(C)(C)CC1. The number of hydrogen-bond donors (Lipinski definition) is 1. The summed E-state index contributed by atoms with van der Waals surface area (Å²) in [4.78, 5) is 0. The van der Waals surface area contributed by atoms with Crippen LogP contribution >= 0.6 is 0 Å². The van der Waals surface area contributed by atoms with E-state index >= 15 is 0 Å². The Hall–Kier alpha value is -0.0800. The van der Waals surface area contributed by atoms with E-state index in [0.29, 0.717) is 11.3 Å². The highest BCUT2D eigenvalue weighted by molar-refractivity contribution is 4.83. The molecule has 90 valence electrons. The predicted molar refractivity (Wildman–Crippen MR) is 64.8 cm³/mol. The van der Waals surface area contributed by atoms with Crippen molar-refractivity contribution < 1.29 is 4.74 Å². The lowest BCUT2D eigenvalue weighted by Gasteiger charge is -2.36. The predicted octanol–water partition coefficient (Wildman–Crippen LogP) is 2.96. The largest absolute Gasteiger partial charge is 0.380 e. The molecular weight excluding hydrogens is 186 g/mol. The molecule has 2 N–H and O–H groups in total. The van der Waals surface area contributed by atoms with Crippen molar-refractivity contribution in [1.82, 2.24) is 0 Å². The van der Waals surface area contributed by atoms with Gasteiger partial charge in [0.15, 0.2) is 0 Å². The summed E-state index contributed by atoms with van der Waals surface area (Å²) in [6, 6.07) is 0.257. The molecule has 0 aromatic heterocycles. The molecule has 0 aliphatic heterocycles. The van der Waals surface area contributed by atoms with Gasteiger partial charge < -0.3 is 10.5 Å². The minimum atomic E-state index is 0.257. The number of ether oxygens (including phenoxy) is 1. The average Bonchev–Trinajstić information content (AvgIpc) is 2.18. The number of nitrogens with two attached hydrogens (primary N) is 1. The second-order valence-corrected chi connectivity index (χ2v) is 5.74. The van der Waals surface area contributed by atoms with Gasteiger partial charge in [0.25, 0.3) is 0 Å². The van der Waals surface area contributed by atoms with Crippen molar-refractivity contribution in [3.05, 3.63) is 0 Å². The van der Waals surface area contributed by atoms with Crippen LogP contribution in [0.2, 0.25) is 0 Å². The third kappa shape index (κ3) is 4.52. The Morgan fingerprint density at radius 1 is 1.33 bits per heavy atom. The van der Waals surface area contributed by atoms with Crippen LogP contribution in [0, 0.1) is 11.3 Å². The molecule has 2 nitrogen and oxygen atoms in total. The maximum atomic E-state index is 6.15. The Kier molecular flexibility index (Phi) is 5.07. The molecule has 0 saturated heterocycles. The summed E-state index contributed by atoms with van der Waals surface area (Å²) < 4.78 is 5.52. The van der Waals surface area contributed by atoms with Gasteiger partial charge in [-0.2, -0.15) is 0 Å². The Bertz CT molecular complexity index is 169. The van der Waals surface area contributed by atoms with Gasteiger partial charge in [0.2, 0.25) is 0 Å². The zero-order valence-electron chi connectivity index (χ0n) is 10.6. The third-order valence-corrected chi connectivity index (χ3v) is 3.65. The molecule has 0 radical (unpaired) electrons. The minimum Gasteiger partial charge on any atom is -0.380 e. The van der Waals surface area contributed by atoms with E-state index in [2.05, 4.69) is 20.8 Å². The topological polar surface area (TPSA) is 35.2 Å². The van der Waals surface area contributed by atoms with Gasteiger partial charge in [-0.3, -0.25) is 0 Å². The smallest absolute Gasteiger partial charge is 0.0620 e. The monoisotopic (exact) mass is 213 g/mol. The molecule has 0 spiro atoms. The quantitative estimate of drug-likeness (QED) is 0.713. The highest BCUT2D eigenvalue weighted by Gasteiger charge is 2.29. The summed E-state index contributed by atoms with van der Waals surface area (Å²) in [5.74, 6) is 0.690. The fraction of sp³-hybridized carbons (Fsp3) is 1.00. The van der Waals surface area contributed by atoms with Crippen molar-refractivity contribution in [2.75, 3.05) is 13.2 Å². The Balaban J connectivity index is 2.21. The zero-order chi connectivity index (χ0) is 11.3. The molecule has 1 atom stereocenters. The zero-order valence-corrected chi connectivity index (χ0v) is 10.6. The lowest BCUT2D eigenvalue weighted by Crippen LogP contribution is -2.38. The van der Waals surface area contributed by atoms with Crippen molar-refractivity contribution >= 4 is 0 Å². The maximum absolute atomic E-state index is 6.15. The van der Waals surface area contributed by atoms with Gasteiger partial charge in [-0.1, -0.05) is 20.8 Å². The van der Waals surface area contributed by atoms with Crippen molar-refractivity contribution in [3.8, 4) is 0 Å². The summed E-state index contributed by atoms with van der Waals surface area (Å²) in [6.07, 6.45) is 6.29. The second kappa shape index (κ2) is 5.86. The second-order valence-electron chi connectivity index (χ2n) is 5.74. The molecule has 0 heterocycles. The minimum absolute atomic E-state index is 0.257. The molecular formula is C13H27NO. The summed E-state index contributed by atoms with van der Waals surface area (Å²) in [5, 5.41) is 0. The van der Waals surface area contributed by atoms with Gasteiger partial charge in [-0.05, 0) is 43.4 Å². The van der Waals surface area contributed by atoms with E-state index in [1.165, 1.54) is 25.7 Å². The van der Waals surface area contributed by atoms with Crippen LogP contribution < -0.4 is 5.73 Å². The molecule has 1 aliphatic carbocycles. The van der Waals surface area contributed by atoms with Crippen LogP contribution in [-0.2, 0) is 4.74 Å². The van der Waals surface area contributed by atoms with E-state index in [0.717, 1.165) is 19.6 Å². The molecule has 0 aromatic rings. The van der Waals surface area contributed by atoms with Gasteiger partial charge in [-0.25, -0.2) is 0 Å². The van der Waals surface area contributed by atoms with Crippen molar-refractivity contribution in [2.45, 2.75) is 58.9 Å². The standard InChI is InChI=1S/C13H27NO/c1-4-9-15-10-12(14)11-5-7-13(2,3)8-6-11/h11-12H,4-10,14H2,1-3H3. The van der Waals surface area contributed by atoms with Gasteiger partial charge in [0, 0.05) is 12.6 Å². The Morgan fingerprint density at radius 2 is 1.93 bits per heavy atom. The molecule has 1 fully saturated rings. The molecule has 0 aromatic carbocycles. The van der Waals surface area contributed by atoms with Crippen molar-refractivity contribution in [1.29, 1.82) is 0 Å². The van der Waals surface area contributed by atoms with Crippen LogP contribution in [0.4, 0.5) is 0 Å². The maximum Gasteiger partial charge on any atom is 0.0620 e. The van der Waals surface area contributed by atoms with Crippen LogP contribution in [-0.4, -0.2) is 19.3 Å². The van der Waals surface area contributed by atoms with Gasteiger partial charge in [-0.15, -0.1) is 0 Å². The number of hydrogen-bond acceptors (Lipinski definition) is 2. The Morgan fingerprint density at radius 3 is 2.47 bits per heavy atom. The van der Waals surface area contributed by atoms with Crippen LogP contribution in [0.3, 0.4) is 0 Å².